The highest BCUT2D eigenvalue weighted by Gasteiger charge is 2.29. The fraction of sp³-hybridized carbons (Fsp3) is 0.200. The van der Waals surface area contributed by atoms with Gasteiger partial charge in [-0.3, -0.25) is 4.79 Å². The number of fused-ring (bicyclic) bond motifs is 2. The summed E-state index contributed by atoms with van der Waals surface area (Å²) in [5, 5.41) is 7.89. The molecule has 0 spiro atoms. The van der Waals surface area contributed by atoms with E-state index in [1.165, 1.54) is 16.6 Å². The molecular formula is C20H15ClN4OS2. The Balaban J connectivity index is 1.42. The number of nitrogens with zero attached hydrogens (tertiary/aromatic N) is 4. The van der Waals surface area contributed by atoms with Gasteiger partial charge in [-0.15, -0.1) is 16.4 Å². The molecule has 8 heteroatoms. The lowest BCUT2D eigenvalue weighted by Crippen LogP contribution is -2.20. The molecule has 28 heavy (non-hydrogen) atoms. The Kier molecular flexibility index (Phi) is 4.66. The summed E-state index contributed by atoms with van der Waals surface area (Å²) in [7, 11) is 0. The average molecular weight is 427 g/mol. The Morgan fingerprint density at radius 2 is 2.07 bits per heavy atom. The van der Waals surface area contributed by atoms with Crippen molar-refractivity contribution >= 4 is 46.3 Å². The van der Waals surface area contributed by atoms with Gasteiger partial charge in [0.05, 0.1) is 11.3 Å². The first-order valence-electron chi connectivity index (χ1n) is 8.86. The second kappa shape index (κ2) is 7.31. The summed E-state index contributed by atoms with van der Waals surface area (Å²) in [6.45, 7) is 0. The Morgan fingerprint density at radius 3 is 2.89 bits per heavy atom. The number of carbonyl (C=O) groups is 1. The van der Waals surface area contributed by atoms with Gasteiger partial charge < -0.3 is 0 Å². The number of aromatic nitrogens is 4. The van der Waals surface area contributed by atoms with Crippen molar-refractivity contribution in [3.8, 4) is 0 Å². The second-order valence-electron chi connectivity index (χ2n) is 6.66. The van der Waals surface area contributed by atoms with Gasteiger partial charge >= 0.3 is 0 Å². The molecule has 0 fully saturated rings. The largest absolute Gasteiger partial charge is 0.294 e. The van der Waals surface area contributed by atoms with Crippen molar-refractivity contribution in [2.45, 2.75) is 29.7 Å². The molecular weight excluding hydrogens is 412 g/mol. The van der Waals surface area contributed by atoms with Crippen LogP contribution in [0, 0.1) is 0 Å². The number of thioether (sulfide) groups is 1. The van der Waals surface area contributed by atoms with Gasteiger partial charge in [-0.25, -0.2) is 9.50 Å². The smallest absolute Gasteiger partial charge is 0.253 e. The maximum absolute atomic E-state index is 12.7. The number of benzene rings is 1. The summed E-state index contributed by atoms with van der Waals surface area (Å²) >= 11 is 9.42. The molecule has 1 aliphatic carbocycles. The van der Waals surface area contributed by atoms with Crippen molar-refractivity contribution in [2.75, 3.05) is 0 Å². The lowest BCUT2D eigenvalue weighted by Gasteiger charge is -2.21. The van der Waals surface area contributed by atoms with Crippen LogP contribution in [-0.4, -0.2) is 25.4 Å². The van der Waals surface area contributed by atoms with Crippen LogP contribution in [0.15, 0.2) is 53.1 Å². The van der Waals surface area contributed by atoms with Crippen LogP contribution >= 0.6 is 34.7 Å². The first kappa shape index (κ1) is 17.8. The summed E-state index contributed by atoms with van der Waals surface area (Å²) in [5.41, 5.74) is 2.51. The molecule has 0 N–H and O–H groups in total. The molecule has 1 atom stereocenters. The molecule has 5 nitrogen and oxygen atoms in total. The molecule has 0 aliphatic heterocycles. The minimum absolute atomic E-state index is 0.120. The van der Waals surface area contributed by atoms with Gasteiger partial charge in [-0.1, -0.05) is 47.6 Å². The van der Waals surface area contributed by atoms with Crippen LogP contribution in [0.4, 0.5) is 0 Å². The van der Waals surface area contributed by atoms with Crippen molar-refractivity contribution < 1.29 is 4.79 Å². The number of rotatable bonds is 4. The van der Waals surface area contributed by atoms with E-state index >= 15 is 0 Å². The fourth-order valence-electron chi connectivity index (χ4n) is 3.41. The monoisotopic (exact) mass is 426 g/mol. The lowest BCUT2D eigenvalue weighted by molar-refractivity contribution is 0.0963. The first-order valence-corrected chi connectivity index (χ1v) is 11.1. The van der Waals surface area contributed by atoms with Crippen molar-refractivity contribution in [1.82, 2.24) is 19.6 Å². The van der Waals surface area contributed by atoms with E-state index in [1.807, 2.05) is 35.7 Å². The Labute approximate surface area is 174 Å². The summed E-state index contributed by atoms with van der Waals surface area (Å²) in [5.74, 6) is 1.53. The molecule has 0 radical (unpaired) electrons. The number of Topliss-reactive ketones (excluding diaryl/α,β-unsaturated/α-hetero) is 1. The highest BCUT2D eigenvalue weighted by Crippen LogP contribution is 2.34. The SMILES string of the molecule is O=C1C[C@H](c2cccs2)Cc2nc3nc(SCc4ccccc4Cl)nn3cc21. The number of halogens is 1. The van der Waals surface area contributed by atoms with Gasteiger partial charge in [0.15, 0.2) is 5.78 Å². The van der Waals surface area contributed by atoms with Crippen molar-refractivity contribution in [3.05, 3.63) is 74.7 Å². The average Bonchev–Trinajstić information content (AvgIpc) is 3.35. The van der Waals surface area contributed by atoms with E-state index in [9.17, 15) is 4.79 Å². The maximum atomic E-state index is 12.7. The minimum Gasteiger partial charge on any atom is -0.294 e. The molecule has 4 aromatic rings. The third kappa shape index (κ3) is 3.34. The van der Waals surface area contributed by atoms with Crippen molar-refractivity contribution in [3.63, 3.8) is 0 Å². The molecule has 140 valence electrons. The summed E-state index contributed by atoms with van der Waals surface area (Å²) in [6.07, 6.45) is 3.05. The molecule has 1 aliphatic rings. The van der Waals surface area contributed by atoms with Crippen LogP contribution in [0.1, 0.15) is 38.8 Å². The number of carbonyl (C=O) groups excluding carboxylic acids is 1. The second-order valence-corrected chi connectivity index (χ2v) is 8.99. The predicted molar refractivity (Wildman–Crippen MR) is 112 cm³/mol. The summed E-state index contributed by atoms with van der Waals surface area (Å²) in [4.78, 5) is 23.1. The number of thiophene rings is 1. The normalized spacial score (nSPS) is 16.5. The number of ketones is 1. The minimum atomic E-state index is 0.120. The first-order chi connectivity index (χ1) is 13.7. The van der Waals surface area contributed by atoms with Gasteiger partial charge in [-0.05, 0) is 29.5 Å². The Hall–Kier alpha value is -2.22. The van der Waals surface area contributed by atoms with Crippen molar-refractivity contribution in [1.29, 1.82) is 0 Å². The van der Waals surface area contributed by atoms with E-state index in [1.54, 1.807) is 22.0 Å². The van der Waals surface area contributed by atoms with Crippen LogP contribution in [0.25, 0.3) is 5.78 Å². The zero-order valence-electron chi connectivity index (χ0n) is 14.7. The van der Waals surface area contributed by atoms with E-state index in [0.717, 1.165) is 22.7 Å². The summed E-state index contributed by atoms with van der Waals surface area (Å²) in [6, 6.07) is 11.9. The van der Waals surface area contributed by atoms with Gasteiger partial charge in [-0.2, -0.15) is 4.98 Å². The summed E-state index contributed by atoms with van der Waals surface area (Å²) < 4.78 is 1.61. The van der Waals surface area contributed by atoms with E-state index in [0.29, 0.717) is 28.7 Å². The highest BCUT2D eigenvalue weighted by molar-refractivity contribution is 7.98. The molecule has 0 unspecified atom stereocenters. The Bertz CT molecular complexity index is 1170. The lowest BCUT2D eigenvalue weighted by atomic mass is 9.86. The molecule has 3 heterocycles. The third-order valence-electron chi connectivity index (χ3n) is 4.82. The van der Waals surface area contributed by atoms with E-state index in [2.05, 4.69) is 21.1 Å². The number of hydrogen-bond acceptors (Lipinski definition) is 6. The third-order valence-corrected chi connectivity index (χ3v) is 7.11. The van der Waals surface area contributed by atoms with E-state index in [-0.39, 0.29) is 11.7 Å². The molecule has 5 rings (SSSR count). The topological polar surface area (TPSA) is 60.2 Å². The van der Waals surface area contributed by atoms with Gasteiger partial charge in [0, 0.05) is 34.2 Å². The molecule has 0 saturated heterocycles. The molecule has 0 amide bonds. The zero-order valence-corrected chi connectivity index (χ0v) is 17.1. The zero-order chi connectivity index (χ0) is 19.1. The van der Waals surface area contributed by atoms with Gasteiger partial charge in [0.2, 0.25) is 5.16 Å². The molecule has 1 aromatic carbocycles. The van der Waals surface area contributed by atoms with Crippen LogP contribution in [0.3, 0.4) is 0 Å². The molecule has 0 saturated carbocycles. The molecule has 3 aromatic heterocycles. The quantitative estimate of drug-likeness (QED) is 0.427. The van der Waals surface area contributed by atoms with Crippen molar-refractivity contribution in [2.24, 2.45) is 0 Å². The van der Waals surface area contributed by atoms with E-state index in [4.69, 9.17) is 11.6 Å². The van der Waals surface area contributed by atoms with Gasteiger partial charge in [0.1, 0.15) is 0 Å². The number of hydrogen-bond donors (Lipinski definition) is 0. The van der Waals surface area contributed by atoms with Crippen LogP contribution in [0.2, 0.25) is 5.02 Å². The van der Waals surface area contributed by atoms with Crippen LogP contribution in [0.5, 0.6) is 0 Å². The van der Waals surface area contributed by atoms with Crippen LogP contribution in [-0.2, 0) is 12.2 Å². The predicted octanol–water partition coefficient (Wildman–Crippen LogP) is 5.04. The molecule has 0 bridgehead atoms. The fourth-order valence-corrected chi connectivity index (χ4v) is 5.35. The van der Waals surface area contributed by atoms with E-state index < -0.39 is 0 Å². The Morgan fingerprint density at radius 1 is 1.18 bits per heavy atom. The standard InChI is InChI=1S/C20H15ClN4OS2/c21-15-5-2-1-4-12(15)11-28-20-23-19-22-16-8-13(18-6-3-7-27-18)9-17(26)14(16)10-25(19)24-20/h1-7,10,13H,8-9,11H2/t13-/m1/s1. The maximum Gasteiger partial charge on any atom is 0.253 e. The van der Waals surface area contributed by atoms with Crippen LogP contribution < -0.4 is 0 Å². The highest BCUT2D eigenvalue weighted by atomic mass is 35.5. The van der Waals surface area contributed by atoms with Gasteiger partial charge in [0.25, 0.3) is 5.78 Å².